The van der Waals surface area contributed by atoms with Crippen LogP contribution in [0.25, 0.3) is 16.8 Å². The second-order valence-corrected chi connectivity index (χ2v) is 15.4. The summed E-state index contributed by atoms with van der Waals surface area (Å²) in [6.07, 6.45) is 31.7. The van der Waals surface area contributed by atoms with Crippen LogP contribution < -0.4 is 0 Å². The minimum absolute atomic E-state index is 0.0362. The van der Waals surface area contributed by atoms with Crippen LogP contribution in [-0.4, -0.2) is 16.9 Å². The molecule has 2 unspecified atom stereocenters. The molecule has 2 aliphatic heterocycles. The normalized spacial score (nSPS) is 25.5. The highest BCUT2D eigenvalue weighted by Crippen LogP contribution is 2.49. The third-order valence-electron chi connectivity index (χ3n) is 12.5. The van der Waals surface area contributed by atoms with E-state index in [1.54, 1.807) is 5.57 Å². The first-order valence-electron chi connectivity index (χ1n) is 19.7. The number of nitrogens with zero attached hydrogens (tertiary/aromatic N) is 3. The maximum absolute atomic E-state index is 5.50. The summed E-state index contributed by atoms with van der Waals surface area (Å²) >= 11 is 0. The number of fused-ring (bicyclic) bond motifs is 2. The van der Waals surface area contributed by atoms with Gasteiger partial charge >= 0.3 is 0 Å². The summed E-state index contributed by atoms with van der Waals surface area (Å²) in [4.78, 5) is 16.1. The molecular formula is C48H53N3. The first-order valence-corrected chi connectivity index (χ1v) is 19.7. The second kappa shape index (κ2) is 14.7. The van der Waals surface area contributed by atoms with Crippen molar-refractivity contribution < 1.29 is 0 Å². The fourth-order valence-corrected chi connectivity index (χ4v) is 9.78. The van der Waals surface area contributed by atoms with E-state index in [1.165, 1.54) is 94.5 Å². The molecule has 6 aliphatic rings. The lowest BCUT2D eigenvalue weighted by molar-refractivity contribution is 0.297. The number of aromatic nitrogens is 1. The zero-order valence-corrected chi connectivity index (χ0v) is 31.1. The Bertz CT molecular complexity index is 2030. The zero-order valence-electron chi connectivity index (χ0n) is 31.1. The van der Waals surface area contributed by atoms with Crippen LogP contribution in [0.4, 0.5) is 0 Å². The van der Waals surface area contributed by atoms with Crippen LogP contribution in [0.2, 0.25) is 0 Å². The van der Waals surface area contributed by atoms with Crippen LogP contribution in [0.5, 0.6) is 0 Å². The Morgan fingerprint density at radius 2 is 1.76 bits per heavy atom. The van der Waals surface area contributed by atoms with Gasteiger partial charge in [0.2, 0.25) is 0 Å². The number of hydrogen-bond acceptors (Lipinski definition) is 3. The minimum Gasteiger partial charge on any atom is -0.278 e. The number of allylic oxidation sites excluding steroid dienone is 13. The Labute approximate surface area is 305 Å². The van der Waals surface area contributed by atoms with Crippen molar-refractivity contribution in [1.82, 2.24) is 4.98 Å². The van der Waals surface area contributed by atoms with Crippen molar-refractivity contribution in [2.75, 3.05) is 0 Å². The van der Waals surface area contributed by atoms with E-state index in [1.807, 2.05) is 0 Å². The van der Waals surface area contributed by atoms with Crippen molar-refractivity contribution in [3.05, 3.63) is 141 Å². The lowest BCUT2D eigenvalue weighted by Crippen LogP contribution is -2.27. The van der Waals surface area contributed by atoms with E-state index in [0.717, 1.165) is 55.0 Å². The quantitative estimate of drug-likeness (QED) is 0.270. The van der Waals surface area contributed by atoms with Crippen molar-refractivity contribution in [2.24, 2.45) is 27.7 Å². The number of benzene rings is 1. The molecule has 0 spiro atoms. The smallest absolute Gasteiger partial charge is 0.103 e. The molecule has 0 bridgehead atoms. The maximum atomic E-state index is 5.50. The highest BCUT2D eigenvalue weighted by atomic mass is 14.9. The Kier molecular flexibility index (Phi) is 9.73. The van der Waals surface area contributed by atoms with E-state index >= 15 is 0 Å². The van der Waals surface area contributed by atoms with E-state index in [0.29, 0.717) is 5.92 Å². The number of pyridine rings is 1. The maximum Gasteiger partial charge on any atom is 0.103 e. The molecule has 4 aliphatic carbocycles. The SMILES string of the molecule is C/C=C(\C1=C(C)C2=C(CC1)C[C@@H](C1CCCCC1)C=N2)c1cccc(-c2cccc(C3N=C(C/C=C/C)C(C)=C4C=CC5=C(CCC=C5)C43)n2)c1. The first kappa shape index (κ1) is 33.8. The lowest BCUT2D eigenvalue weighted by Gasteiger charge is -2.37. The first-order chi connectivity index (χ1) is 25.0. The molecule has 8 rings (SSSR count). The van der Waals surface area contributed by atoms with Crippen LogP contribution in [0, 0.1) is 17.8 Å². The lowest BCUT2D eigenvalue weighted by atomic mass is 9.71. The fourth-order valence-electron chi connectivity index (χ4n) is 9.78. The summed E-state index contributed by atoms with van der Waals surface area (Å²) in [7, 11) is 0. The summed E-state index contributed by atoms with van der Waals surface area (Å²) in [6.45, 7) is 8.85. The summed E-state index contributed by atoms with van der Waals surface area (Å²) in [5.41, 5.74) is 18.3. The van der Waals surface area contributed by atoms with E-state index < -0.39 is 0 Å². The number of aliphatic imine (C=N–C) groups is 2. The van der Waals surface area contributed by atoms with Gasteiger partial charge in [0, 0.05) is 35.7 Å². The topological polar surface area (TPSA) is 37.6 Å². The van der Waals surface area contributed by atoms with Crippen LogP contribution in [0.3, 0.4) is 0 Å². The van der Waals surface area contributed by atoms with Crippen LogP contribution in [-0.2, 0) is 0 Å². The molecule has 3 atom stereocenters. The average Bonchev–Trinajstić information content (AvgIpc) is 3.19. The summed E-state index contributed by atoms with van der Waals surface area (Å²) in [6, 6.07) is 15.6. The van der Waals surface area contributed by atoms with Crippen LogP contribution in [0.1, 0.15) is 116 Å². The minimum atomic E-state index is -0.0362. The number of hydrogen-bond donors (Lipinski definition) is 0. The monoisotopic (exact) mass is 671 g/mol. The van der Waals surface area contributed by atoms with Gasteiger partial charge in [-0.2, -0.15) is 0 Å². The molecule has 1 fully saturated rings. The van der Waals surface area contributed by atoms with Crippen LogP contribution in [0.15, 0.2) is 140 Å². The molecule has 0 amide bonds. The zero-order chi connectivity index (χ0) is 34.9. The molecule has 0 saturated heterocycles. The highest BCUT2D eigenvalue weighted by Gasteiger charge is 2.37. The molecule has 1 aromatic carbocycles. The summed E-state index contributed by atoms with van der Waals surface area (Å²) < 4.78 is 0. The van der Waals surface area contributed by atoms with Crippen molar-refractivity contribution >= 4 is 17.5 Å². The third-order valence-corrected chi connectivity index (χ3v) is 12.5. The Balaban J connectivity index is 1.10. The summed E-state index contributed by atoms with van der Waals surface area (Å²) in [5.74, 6) is 1.70. The van der Waals surface area contributed by atoms with Gasteiger partial charge in [-0.3, -0.25) is 15.0 Å². The molecule has 2 aromatic rings. The van der Waals surface area contributed by atoms with Crippen molar-refractivity contribution in [3.8, 4) is 11.3 Å². The van der Waals surface area contributed by atoms with Gasteiger partial charge in [0.25, 0.3) is 0 Å². The number of dihydropyridines is 1. The molecule has 260 valence electrons. The largest absolute Gasteiger partial charge is 0.278 e. The van der Waals surface area contributed by atoms with E-state index in [4.69, 9.17) is 15.0 Å². The van der Waals surface area contributed by atoms with E-state index in [9.17, 15) is 0 Å². The molecule has 1 saturated carbocycles. The van der Waals surface area contributed by atoms with Gasteiger partial charge in [-0.05, 0) is 141 Å². The van der Waals surface area contributed by atoms with E-state index in [-0.39, 0.29) is 12.0 Å². The molecule has 0 radical (unpaired) electrons. The number of rotatable bonds is 7. The highest BCUT2D eigenvalue weighted by molar-refractivity contribution is 6.03. The molecule has 51 heavy (non-hydrogen) atoms. The van der Waals surface area contributed by atoms with Gasteiger partial charge in [-0.1, -0.05) is 91.6 Å². The molecule has 1 aromatic heterocycles. The van der Waals surface area contributed by atoms with Gasteiger partial charge < -0.3 is 0 Å². The van der Waals surface area contributed by atoms with Gasteiger partial charge in [0.05, 0.1) is 17.1 Å². The van der Waals surface area contributed by atoms with Gasteiger partial charge in [-0.25, -0.2) is 0 Å². The van der Waals surface area contributed by atoms with Gasteiger partial charge in [0.15, 0.2) is 0 Å². The molecule has 0 N–H and O–H groups in total. The standard InChI is InChI=1S/C48H53N3/c1-5-7-21-43-31(3)41-27-24-34-17-11-12-20-42(34)46(41)48(51-43)45-23-14-22-44(50-45)36-19-13-18-35(28-36)39(6-2)40-26-25-37-29-38(30-49-47(37)32(40)4)33-15-9-8-10-16-33/h5-7,11,13-14,17-19,22-24,27-28,30,33,38,46,48H,8-10,12,15-16,20-21,25-26,29H2,1-4H3/b7-5+,39-6-/t38-,46?,48?/m1/s1. The Morgan fingerprint density at radius 3 is 2.61 bits per heavy atom. The average molecular weight is 672 g/mol. The predicted octanol–water partition coefficient (Wildman–Crippen LogP) is 12.8. The van der Waals surface area contributed by atoms with Gasteiger partial charge in [-0.15, -0.1) is 0 Å². The second-order valence-electron chi connectivity index (χ2n) is 15.4. The Hall–Kier alpha value is -4.37. The van der Waals surface area contributed by atoms with E-state index in [2.05, 4.69) is 119 Å². The van der Waals surface area contributed by atoms with Crippen LogP contribution >= 0.6 is 0 Å². The Morgan fingerprint density at radius 1 is 0.902 bits per heavy atom. The fraction of sp³-hybridized carbons (Fsp3) is 0.396. The molecule has 3 nitrogen and oxygen atoms in total. The van der Waals surface area contributed by atoms with Crippen molar-refractivity contribution in [1.29, 1.82) is 0 Å². The van der Waals surface area contributed by atoms with Crippen molar-refractivity contribution in [2.45, 2.75) is 104 Å². The van der Waals surface area contributed by atoms with Gasteiger partial charge in [0.1, 0.15) is 6.04 Å². The third kappa shape index (κ3) is 6.50. The summed E-state index contributed by atoms with van der Waals surface area (Å²) in [5, 5.41) is 0. The molecule has 3 heteroatoms. The molecule has 3 heterocycles. The predicted molar refractivity (Wildman–Crippen MR) is 216 cm³/mol. The molecular weight excluding hydrogens is 619 g/mol. The van der Waals surface area contributed by atoms with Crippen molar-refractivity contribution in [3.63, 3.8) is 0 Å².